The van der Waals surface area contributed by atoms with Gasteiger partial charge in [0, 0.05) is 18.7 Å². The van der Waals surface area contributed by atoms with Gasteiger partial charge >= 0.3 is 0 Å². The Morgan fingerprint density at radius 1 is 1.42 bits per heavy atom. The standard InChI is InChI=1S/C15H22N2O2/c1-15(8-2-10-19-15)11-17-14(18)13-5-3-12(4-6-13)7-9-16/h3-6H,2,7-11,16H2,1H3,(H,17,18). The van der Waals surface area contributed by atoms with Gasteiger partial charge < -0.3 is 15.8 Å². The van der Waals surface area contributed by atoms with Crippen LogP contribution in [0.25, 0.3) is 0 Å². The summed E-state index contributed by atoms with van der Waals surface area (Å²) in [5.74, 6) is -0.0453. The molecule has 4 nitrogen and oxygen atoms in total. The van der Waals surface area contributed by atoms with E-state index < -0.39 is 0 Å². The number of nitrogens with one attached hydrogen (secondary N) is 1. The lowest BCUT2D eigenvalue weighted by Gasteiger charge is -2.23. The Balaban J connectivity index is 1.88. The lowest BCUT2D eigenvalue weighted by molar-refractivity contribution is 0.0206. The topological polar surface area (TPSA) is 64.4 Å². The van der Waals surface area contributed by atoms with Crippen LogP contribution in [-0.2, 0) is 11.2 Å². The summed E-state index contributed by atoms with van der Waals surface area (Å²) in [6.45, 7) is 4.03. The van der Waals surface area contributed by atoms with Crippen molar-refractivity contribution in [3.05, 3.63) is 35.4 Å². The van der Waals surface area contributed by atoms with Gasteiger partial charge in [-0.2, -0.15) is 0 Å². The number of carbonyl (C=O) groups is 1. The molecule has 0 radical (unpaired) electrons. The van der Waals surface area contributed by atoms with Crippen molar-refractivity contribution in [2.45, 2.75) is 31.8 Å². The van der Waals surface area contributed by atoms with Crippen molar-refractivity contribution in [3.8, 4) is 0 Å². The van der Waals surface area contributed by atoms with E-state index in [2.05, 4.69) is 5.32 Å². The molecule has 104 valence electrons. The lowest BCUT2D eigenvalue weighted by Crippen LogP contribution is -2.40. The fourth-order valence-electron chi connectivity index (χ4n) is 2.34. The maximum absolute atomic E-state index is 12.0. The zero-order valence-corrected chi connectivity index (χ0v) is 11.4. The van der Waals surface area contributed by atoms with Crippen LogP contribution in [0.3, 0.4) is 0 Å². The monoisotopic (exact) mass is 262 g/mol. The number of benzene rings is 1. The van der Waals surface area contributed by atoms with Gasteiger partial charge in [-0.3, -0.25) is 4.79 Å². The van der Waals surface area contributed by atoms with Crippen molar-refractivity contribution in [3.63, 3.8) is 0 Å². The first-order valence-corrected chi connectivity index (χ1v) is 6.84. The third-order valence-corrected chi connectivity index (χ3v) is 3.57. The highest BCUT2D eigenvalue weighted by Crippen LogP contribution is 2.23. The second-order valence-electron chi connectivity index (χ2n) is 5.32. The highest BCUT2D eigenvalue weighted by Gasteiger charge is 2.30. The van der Waals surface area contributed by atoms with Crippen LogP contribution in [0, 0.1) is 0 Å². The quantitative estimate of drug-likeness (QED) is 0.845. The number of carbonyl (C=O) groups excluding carboxylic acids is 1. The minimum atomic E-state index is -0.199. The number of hydrogen-bond donors (Lipinski definition) is 2. The minimum Gasteiger partial charge on any atom is -0.373 e. The molecule has 1 atom stereocenters. The first-order valence-electron chi connectivity index (χ1n) is 6.84. The Hall–Kier alpha value is -1.39. The summed E-state index contributed by atoms with van der Waals surface area (Å²) in [6, 6.07) is 7.60. The zero-order chi connectivity index (χ0) is 13.7. The lowest BCUT2D eigenvalue weighted by atomic mass is 10.0. The molecule has 19 heavy (non-hydrogen) atoms. The molecule has 1 aliphatic rings. The van der Waals surface area contributed by atoms with E-state index in [1.807, 2.05) is 31.2 Å². The molecule has 4 heteroatoms. The molecule has 0 aliphatic carbocycles. The van der Waals surface area contributed by atoms with Crippen LogP contribution < -0.4 is 11.1 Å². The number of nitrogens with two attached hydrogens (primary N) is 1. The molecule has 1 saturated heterocycles. The molecule has 1 unspecified atom stereocenters. The highest BCUT2D eigenvalue weighted by atomic mass is 16.5. The van der Waals surface area contributed by atoms with E-state index in [0.717, 1.165) is 31.4 Å². The van der Waals surface area contributed by atoms with E-state index in [1.54, 1.807) is 0 Å². The summed E-state index contributed by atoms with van der Waals surface area (Å²) < 4.78 is 5.65. The van der Waals surface area contributed by atoms with Crippen LogP contribution in [-0.4, -0.2) is 31.2 Å². The molecule has 1 aromatic rings. The summed E-state index contributed by atoms with van der Waals surface area (Å²) in [6.07, 6.45) is 2.91. The molecule has 2 rings (SSSR count). The second-order valence-corrected chi connectivity index (χ2v) is 5.32. The number of ether oxygens (including phenoxy) is 1. The van der Waals surface area contributed by atoms with E-state index >= 15 is 0 Å². The normalized spacial score (nSPS) is 22.4. The molecule has 0 bridgehead atoms. The van der Waals surface area contributed by atoms with Crippen molar-refractivity contribution in [2.24, 2.45) is 5.73 Å². The Kier molecular flexibility index (Phi) is 4.56. The van der Waals surface area contributed by atoms with Crippen LogP contribution in [0.5, 0.6) is 0 Å². The molecule has 0 aromatic heterocycles. The number of rotatable bonds is 5. The fraction of sp³-hybridized carbons (Fsp3) is 0.533. The largest absolute Gasteiger partial charge is 0.373 e. The SMILES string of the molecule is CC1(CNC(=O)c2ccc(CCN)cc2)CCCO1. The maximum atomic E-state index is 12.0. The van der Waals surface area contributed by atoms with E-state index in [1.165, 1.54) is 0 Å². The van der Waals surface area contributed by atoms with Crippen molar-refractivity contribution >= 4 is 5.91 Å². The van der Waals surface area contributed by atoms with Gasteiger partial charge in [-0.05, 0) is 50.4 Å². The van der Waals surface area contributed by atoms with Crippen molar-refractivity contribution in [2.75, 3.05) is 19.7 Å². The molecule has 1 heterocycles. The summed E-state index contributed by atoms with van der Waals surface area (Å²) in [7, 11) is 0. The minimum absolute atomic E-state index is 0.0453. The first-order chi connectivity index (χ1) is 9.13. The highest BCUT2D eigenvalue weighted by molar-refractivity contribution is 5.94. The van der Waals surface area contributed by atoms with Crippen LogP contribution in [0.15, 0.2) is 24.3 Å². The van der Waals surface area contributed by atoms with Gasteiger partial charge in [0.15, 0.2) is 0 Å². The number of hydrogen-bond acceptors (Lipinski definition) is 3. The summed E-state index contributed by atoms with van der Waals surface area (Å²) >= 11 is 0. The molecule has 1 aromatic carbocycles. The van der Waals surface area contributed by atoms with Gasteiger partial charge in [0.05, 0.1) is 5.60 Å². The maximum Gasteiger partial charge on any atom is 0.251 e. The van der Waals surface area contributed by atoms with Crippen molar-refractivity contribution < 1.29 is 9.53 Å². The number of amides is 1. The first kappa shape index (κ1) is 14.0. The van der Waals surface area contributed by atoms with Crippen molar-refractivity contribution in [1.82, 2.24) is 5.32 Å². The van der Waals surface area contributed by atoms with E-state index in [9.17, 15) is 4.79 Å². The van der Waals surface area contributed by atoms with E-state index in [0.29, 0.717) is 18.7 Å². The summed E-state index contributed by atoms with van der Waals surface area (Å²) in [5.41, 5.74) is 7.14. The third kappa shape index (κ3) is 3.78. The van der Waals surface area contributed by atoms with Gasteiger partial charge in [0.25, 0.3) is 5.91 Å². The molecular formula is C15H22N2O2. The molecule has 0 spiro atoms. The molecule has 0 saturated carbocycles. The average Bonchev–Trinajstić information content (AvgIpc) is 2.85. The fourth-order valence-corrected chi connectivity index (χ4v) is 2.34. The summed E-state index contributed by atoms with van der Waals surface area (Å²) in [5, 5.41) is 2.94. The molecule has 3 N–H and O–H groups in total. The Bertz CT molecular complexity index is 422. The van der Waals surface area contributed by atoms with Gasteiger partial charge in [0.1, 0.15) is 0 Å². The Labute approximate surface area is 114 Å². The Morgan fingerprint density at radius 2 is 2.16 bits per heavy atom. The molecule has 1 fully saturated rings. The molecular weight excluding hydrogens is 240 g/mol. The van der Waals surface area contributed by atoms with Crippen LogP contribution in [0.2, 0.25) is 0 Å². The van der Waals surface area contributed by atoms with E-state index in [-0.39, 0.29) is 11.5 Å². The van der Waals surface area contributed by atoms with Crippen LogP contribution in [0.1, 0.15) is 35.7 Å². The predicted molar refractivity (Wildman–Crippen MR) is 75.1 cm³/mol. The van der Waals surface area contributed by atoms with Gasteiger partial charge in [-0.1, -0.05) is 12.1 Å². The van der Waals surface area contributed by atoms with Crippen molar-refractivity contribution in [1.29, 1.82) is 0 Å². The van der Waals surface area contributed by atoms with Gasteiger partial charge in [-0.15, -0.1) is 0 Å². The van der Waals surface area contributed by atoms with Gasteiger partial charge in [0.2, 0.25) is 0 Å². The Morgan fingerprint density at radius 3 is 2.74 bits per heavy atom. The smallest absolute Gasteiger partial charge is 0.251 e. The summed E-state index contributed by atoms with van der Waals surface area (Å²) in [4.78, 5) is 12.0. The average molecular weight is 262 g/mol. The zero-order valence-electron chi connectivity index (χ0n) is 11.4. The van der Waals surface area contributed by atoms with Gasteiger partial charge in [-0.25, -0.2) is 0 Å². The molecule has 1 amide bonds. The third-order valence-electron chi connectivity index (χ3n) is 3.57. The van der Waals surface area contributed by atoms with E-state index in [4.69, 9.17) is 10.5 Å². The second kappa shape index (κ2) is 6.17. The van der Waals surface area contributed by atoms with Crippen LogP contribution >= 0.6 is 0 Å². The van der Waals surface area contributed by atoms with Crippen LogP contribution in [0.4, 0.5) is 0 Å². The predicted octanol–water partition coefficient (Wildman–Crippen LogP) is 1.49. The molecule has 1 aliphatic heterocycles.